The van der Waals surface area contributed by atoms with Crippen molar-refractivity contribution in [3.63, 3.8) is 0 Å². The summed E-state index contributed by atoms with van der Waals surface area (Å²) in [5.74, 6) is 1.87. The maximum absolute atomic E-state index is 6.63. The van der Waals surface area contributed by atoms with E-state index in [-0.39, 0.29) is 23.2 Å². The maximum Gasteiger partial charge on any atom is 0.135 e. The lowest BCUT2D eigenvalue weighted by molar-refractivity contribution is -0.161. The monoisotopic (exact) mass is 327 g/mol. The first kappa shape index (κ1) is 15.2. The van der Waals surface area contributed by atoms with Gasteiger partial charge in [0.1, 0.15) is 11.9 Å². The fourth-order valence-electron chi connectivity index (χ4n) is 6.24. The van der Waals surface area contributed by atoms with E-state index in [4.69, 9.17) is 9.47 Å². The van der Waals surface area contributed by atoms with Crippen molar-refractivity contribution in [2.45, 2.75) is 75.7 Å². The first-order valence-electron chi connectivity index (χ1n) is 9.57. The van der Waals surface area contributed by atoms with Gasteiger partial charge in [0.25, 0.3) is 0 Å². The number of hydrogen-bond donors (Lipinski definition) is 0. The molecule has 24 heavy (non-hydrogen) atoms. The molecule has 1 saturated carbocycles. The van der Waals surface area contributed by atoms with Crippen molar-refractivity contribution in [3.8, 4) is 5.75 Å². The highest BCUT2D eigenvalue weighted by Gasteiger charge is 2.65. The van der Waals surface area contributed by atoms with Gasteiger partial charge in [-0.15, -0.1) is 0 Å². The number of piperidine rings is 1. The average Bonchev–Trinajstić information content (AvgIpc) is 2.85. The molecule has 1 aromatic rings. The Kier molecular flexibility index (Phi) is 3.02. The molecule has 1 unspecified atom stereocenters. The highest BCUT2D eigenvalue weighted by Crippen LogP contribution is 2.62. The molecule has 0 aromatic heterocycles. The van der Waals surface area contributed by atoms with Crippen LogP contribution in [0.5, 0.6) is 5.75 Å². The van der Waals surface area contributed by atoms with Gasteiger partial charge in [-0.05, 0) is 77.6 Å². The van der Waals surface area contributed by atoms with E-state index in [1.807, 2.05) is 0 Å². The first-order chi connectivity index (χ1) is 11.4. The van der Waals surface area contributed by atoms with Crippen molar-refractivity contribution in [1.29, 1.82) is 0 Å². The zero-order valence-electron chi connectivity index (χ0n) is 15.3. The number of likely N-dealkylation sites (tertiary alicyclic amines) is 1. The summed E-state index contributed by atoms with van der Waals surface area (Å²) in [5, 5.41) is 0. The number of hydrogen-bond acceptors (Lipinski definition) is 3. The van der Waals surface area contributed by atoms with Gasteiger partial charge in [-0.1, -0.05) is 12.1 Å². The number of nitrogens with zero attached hydrogens (tertiary/aromatic N) is 1. The van der Waals surface area contributed by atoms with E-state index in [0.29, 0.717) is 6.04 Å². The van der Waals surface area contributed by atoms with Gasteiger partial charge < -0.3 is 14.4 Å². The van der Waals surface area contributed by atoms with E-state index >= 15 is 0 Å². The van der Waals surface area contributed by atoms with Crippen molar-refractivity contribution in [2.24, 2.45) is 5.92 Å². The summed E-state index contributed by atoms with van der Waals surface area (Å²) in [7, 11) is 2.31. The van der Waals surface area contributed by atoms with Gasteiger partial charge >= 0.3 is 0 Å². The summed E-state index contributed by atoms with van der Waals surface area (Å²) in [5.41, 5.74) is 3.15. The number of ether oxygens (including phenoxy) is 2. The predicted molar refractivity (Wildman–Crippen MR) is 94.6 cm³/mol. The largest absolute Gasteiger partial charge is 0.486 e. The molecule has 0 N–H and O–H groups in total. The van der Waals surface area contributed by atoms with Gasteiger partial charge in [-0.3, -0.25) is 0 Å². The first-order valence-corrected chi connectivity index (χ1v) is 9.57. The van der Waals surface area contributed by atoms with Crippen molar-refractivity contribution in [1.82, 2.24) is 4.90 Å². The minimum atomic E-state index is -0.116. The summed E-state index contributed by atoms with van der Waals surface area (Å²) >= 11 is 0. The summed E-state index contributed by atoms with van der Waals surface area (Å²) < 4.78 is 13.1. The fourth-order valence-corrected chi connectivity index (χ4v) is 6.24. The molecule has 0 amide bonds. The maximum atomic E-state index is 6.63. The molecule has 3 nitrogen and oxygen atoms in total. The summed E-state index contributed by atoms with van der Waals surface area (Å²) in [6, 6.07) is 7.37. The lowest BCUT2D eigenvalue weighted by Gasteiger charge is -2.59. The SMILES string of the molecule is CN1CC[C@]23c4c5cccc4O[C@H]2[C@H](OC(C)(C)C)CCC3[C@H]1C5. The number of rotatable bonds is 1. The third-order valence-corrected chi connectivity index (χ3v) is 6.94. The van der Waals surface area contributed by atoms with Crippen LogP contribution in [0.15, 0.2) is 18.2 Å². The lowest BCUT2D eigenvalue weighted by atomic mass is 9.51. The smallest absolute Gasteiger partial charge is 0.135 e. The Morgan fingerprint density at radius 1 is 1.25 bits per heavy atom. The van der Waals surface area contributed by atoms with Crippen LogP contribution in [-0.4, -0.2) is 42.3 Å². The molecule has 3 heteroatoms. The predicted octanol–water partition coefficient (Wildman–Crippen LogP) is 3.54. The van der Waals surface area contributed by atoms with Crippen molar-refractivity contribution >= 4 is 0 Å². The molecule has 5 atom stereocenters. The zero-order valence-corrected chi connectivity index (χ0v) is 15.3. The molecule has 5 rings (SSSR count). The van der Waals surface area contributed by atoms with E-state index in [2.05, 4.69) is 50.9 Å². The van der Waals surface area contributed by atoms with Crippen LogP contribution in [0, 0.1) is 5.92 Å². The van der Waals surface area contributed by atoms with Crippen LogP contribution in [0.4, 0.5) is 0 Å². The van der Waals surface area contributed by atoms with Crippen LogP contribution in [0.1, 0.15) is 51.2 Å². The fraction of sp³-hybridized carbons (Fsp3) is 0.714. The Balaban J connectivity index is 1.65. The van der Waals surface area contributed by atoms with E-state index in [0.717, 1.165) is 18.1 Å². The molecular formula is C21H29NO2. The third-order valence-electron chi connectivity index (χ3n) is 6.94. The van der Waals surface area contributed by atoms with Crippen molar-refractivity contribution < 1.29 is 9.47 Å². The molecular weight excluding hydrogens is 298 g/mol. The topological polar surface area (TPSA) is 21.7 Å². The van der Waals surface area contributed by atoms with Crippen molar-refractivity contribution in [3.05, 3.63) is 29.3 Å². The molecule has 4 aliphatic rings. The van der Waals surface area contributed by atoms with Crippen LogP contribution in [0.25, 0.3) is 0 Å². The highest BCUT2D eigenvalue weighted by atomic mass is 16.6. The second kappa shape index (κ2) is 4.76. The molecule has 1 saturated heterocycles. The Bertz CT molecular complexity index is 679. The van der Waals surface area contributed by atoms with Crippen LogP contribution < -0.4 is 4.74 Å². The molecule has 1 aromatic carbocycles. The van der Waals surface area contributed by atoms with Gasteiger partial charge in [0.05, 0.1) is 11.7 Å². The minimum Gasteiger partial charge on any atom is -0.486 e. The second-order valence-corrected chi connectivity index (χ2v) is 9.32. The quantitative estimate of drug-likeness (QED) is 0.787. The summed E-state index contributed by atoms with van der Waals surface area (Å²) in [4.78, 5) is 2.60. The number of likely N-dealkylation sites (N-methyl/N-ethyl adjacent to an activating group) is 1. The van der Waals surface area contributed by atoms with Gasteiger partial charge in [-0.25, -0.2) is 0 Å². The van der Waals surface area contributed by atoms with Crippen LogP contribution in [0.2, 0.25) is 0 Å². The summed E-state index contributed by atoms with van der Waals surface area (Å²) in [6.45, 7) is 7.69. The number of benzene rings is 1. The minimum absolute atomic E-state index is 0.116. The molecule has 2 bridgehead atoms. The molecule has 0 radical (unpaired) electrons. The summed E-state index contributed by atoms with van der Waals surface area (Å²) in [6.07, 6.45) is 5.20. The zero-order chi connectivity index (χ0) is 16.7. The second-order valence-electron chi connectivity index (χ2n) is 9.32. The van der Waals surface area contributed by atoms with Gasteiger partial charge in [0, 0.05) is 17.0 Å². The van der Waals surface area contributed by atoms with Crippen LogP contribution >= 0.6 is 0 Å². The van der Waals surface area contributed by atoms with Crippen LogP contribution in [-0.2, 0) is 16.6 Å². The Labute approximate surface area is 145 Å². The van der Waals surface area contributed by atoms with Crippen LogP contribution in [0.3, 0.4) is 0 Å². The Hall–Kier alpha value is -1.06. The highest BCUT2D eigenvalue weighted by molar-refractivity contribution is 5.55. The van der Waals surface area contributed by atoms with E-state index in [9.17, 15) is 0 Å². The molecule has 2 fully saturated rings. The standard InChI is InChI=1S/C21H29NO2/c1-20(2,3)24-17-9-8-14-15-12-13-6-5-7-16-18(13)21(14,19(17)23-16)10-11-22(15)4/h5-7,14-15,17,19H,8-12H2,1-4H3/t14?,15-,17-,19+,21+/m1/s1. The van der Waals surface area contributed by atoms with Gasteiger partial charge in [-0.2, -0.15) is 0 Å². The normalized spacial score (nSPS) is 40.2. The lowest BCUT2D eigenvalue weighted by Crippen LogP contribution is -2.66. The van der Waals surface area contributed by atoms with E-state index < -0.39 is 0 Å². The van der Waals surface area contributed by atoms with Gasteiger partial charge in [0.15, 0.2) is 0 Å². The van der Waals surface area contributed by atoms with Gasteiger partial charge in [0.2, 0.25) is 0 Å². The molecule has 2 aliphatic heterocycles. The van der Waals surface area contributed by atoms with E-state index in [1.54, 1.807) is 5.56 Å². The molecule has 130 valence electrons. The van der Waals surface area contributed by atoms with E-state index in [1.165, 1.54) is 31.4 Å². The molecule has 2 heterocycles. The van der Waals surface area contributed by atoms with Crippen molar-refractivity contribution in [2.75, 3.05) is 13.6 Å². The molecule has 2 aliphatic carbocycles. The molecule has 1 spiro atoms. The Morgan fingerprint density at radius 2 is 2.08 bits per heavy atom. The average molecular weight is 327 g/mol. The third kappa shape index (κ3) is 1.86. The Morgan fingerprint density at radius 3 is 2.88 bits per heavy atom.